The Kier molecular flexibility index (Phi) is 5.24. The van der Waals surface area contributed by atoms with E-state index in [-0.39, 0.29) is 34.7 Å². The highest BCUT2D eigenvalue weighted by atomic mass is 35.5. The Morgan fingerprint density at radius 3 is 2.54 bits per heavy atom. The van der Waals surface area contributed by atoms with Gasteiger partial charge in [0.05, 0.1) is 5.54 Å². The molecule has 2 N–H and O–H groups in total. The van der Waals surface area contributed by atoms with Gasteiger partial charge in [0, 0.05) is 11.3 Å². The van der Waals surface area contributed by atoms with Crippen LogP contribution in [0.3, 0.4) is 0 Å². The minimum atomic E-state index is -4.45. The number of alkyl halides is 3. The number of halogens is 4. The topological polar surface area (TPSA) is 54.0 Å². The van der Waals surface area contributed by atoms with Crippen LogP contribution in [0, 0.1) is 11.3 Å². The standard InChI is InChI=1S/C15H20F3N3OS.ClH/c1-13(2,12-20-10(8-23-12)15(16,17)18)21-11(22)9-7-14(9)3-5-19-6-4-14;/h8-9,19H,3-7H2,1-2H3,(H,21,22);1H. The molecule has 1 atom stereocenters. The highest BCUT2D eigenvalue weighted by Gasteiger charge is 2.58. The zero-order valence-electron chi connectivity index (χ0n) is 13.5. The number of amides is 1. The Labute approximate surface area is 149 Å². The van der Waals surface area contributed by atoms with Crippen LogP contribution in [0.1, 0.15) is 43.8 Å². The number of thiazole rings is 1. The predicted molar refractivity (Wildman–Crippen MR) is 88.2 cm³/mol. The molecule has 2 heterocycles. The third kappa shape index (κ3) is 3.70. The quantitative estimate of drug-likeness (QED) is 0.841. The molecule has 1 aromatic heterocycles. The van der Waals surface area contributed by atoms with Crippen molar-refractivity contribution >= 4 is 29.7 Å². The zero-order valence-corrected chi connectivity index (χ0v) is 15.1. The summed E-state index contributed by atoms with van der Waals surface area (Å²) in [5.74, 6) is -0.0911. The van der Waals surface area contributed by atoms with Crippen molar-refractivity contribution < 1.29 is 18.0 Å². The lowest BCUT2D eigenvalue weighted by Crippen LogP contribution is -2.43. The first-order valence-corrected chi connectivity index (χ1v) is 8.58. The fourth-order valence-electron chi connectivity index (χ4n) is 3.34. The number of nitrogens with one attached hydrogen (secondary N) is 2. The molecule has 1 saturated heterocycles. The van der Waals surface area contributed by atoms with E-state index in [2.05, 4.69) is 15.6 Å². The fourth-order valence-corrected chi connectivity index (χ4v) is 4.24. The Morgan fingerprint density at radius 2 is 2.00 bits per heavy atom. The molecule has 1 aromatic rings. The lowest BCUT2D eigenvalue weighted by molar-refractivity contribution is -0.140. The van der Waals surface area contributed by atoms with Gasteiger partial charge >= 0.3 is 6.18 Å². The number of rotatable bonds is 3. The van der Waals surface area contributed by atoms with Crippen molar-refractivity contribution in [2.75, 3.05) is 13.1 Å². The van der Waals surface area contributed by atoms with Gasteiger partial charge in [-0.3, -0.25) is 4.79 Å². The van der Waals surface area contributed by atoms with Gasteiger partial charge in [0.15, 0.2) is 5.69 Å². The second-order valence-corrected chi connectivity index (χ2v) is 7.88. The van der Waals surface area contributed by atoms with Gasteiger partial charge in [-0.25, -0.2) is 4.98 Å². The number of piperidine rings is 1. The van der Waals surface area contributed by atoms with Crippen LogP contribution >= 0.6 is 23.7 Å². The van der Waals surface area contributed by atoms with Gasteiger partial charge in [0.1, 0.15) is 5.01 Å². The number of carbonyl (C=O) groups is 1. The minimum Gasteiger partial charge on any atom is -0.344 e. The molecular weight excluding hydrogens is 363 g/mol. The van der Waals surface area contributed by atoms with Gasteiger partial charge in [0.25, 0.3) is 0 Å². The third-order valence-electron chi connectivity index (χ3n) is 4.87. The number of carbonyl (C=O) groups excluding carboxylic acids is 1. The van der Waals surface area contributed by atoms with Crippen molar-refractivity contribution in [3.05, 3.63) is 16.1 Å². The van der Waals surface area contributed by atoms with E-state index >= 15 is 0 Å². The average Bonchev–Trinajstić information content (AvgIpc) is 2.92. The van der Waals surface area contributed by atoms with Crippen molar-refractivity contribution in [2.24, 2.45) is 11.3 Å². The molecule has 0 aromatic carbocycles. The van der Waals surface area contributed by atoms with Crippen LogP contribution in [0.4, 0.5) is 13.2 Å². The first kappa shape index (κ1) is 19.5. The second-order valence-electron chi connectivity index (χ2n) is 7.02. The van der Waals surface area contributed by atoms with Crippen LogP contribution in [-0.2, 0) is 16.5 Å². The fraction of sp³-hybridized carbons (Fsp3) is 0.733. The summed E-state index contributed by atoms with van der Waals surface area (Å²) in [7, 11) is 0. The SMILES string of the molecule is CC(C)(NC(=O)C1CC12CCNCC2)c1nc(C(F)(F)F)cs1.Cl. The molecule has 2 aliphatic rings. The maximum absolute atomic E-state index is 12.7. The molecule has 0 radical (unpaired) electrons. The maximum atomic E-state index is 12.7. The van der Waals surface area contributed by atoms with Crippen LogP contribution < -0.4 is 10.6 Å². The van der Waals surface area contributed by atoms with Crippen molar-refractivity contribution in [1.82, 2.24) is 15.6 Å². The van der Waals surface area contributed by atoms with E-state index in [1.54, 1.807) is 13.8 Å². The molecule has 3 rings (SSSR count). The molecule has 9 heteroatoms. The third-order valence-corrected chi connectivity index (χ3v) is 6.04. The summed E-state index contributed by atoms with van der Waals surface area (Å²) in [6.07, 6.45) is -1.60. The van der Waals surface area contributed by atoms with Crippen LogP contribution in [0.15, 0.2) is 5.38 Å². The largest absolute Gasteiger partial charge is 0.434 e. The van der Waals surface area contributed by atoms with Crippen LogP contribution in [0.25, 0.3) is 0 Å². The summed E-state index contributed by atoms with van der Waals surface area (Å²) in [6.45, 7) is 5.24. The number of nitrogens with zero attached hydrogens (tertiary/aromatic N) is 1. The van der Waals surface area contributed by atoms with Gasteiger partial charge in [0.2, 0.25) is 5.91 Å². The summed E-state index contributed by atoms with van der Waals surface area (Å²) < 4.78 is 38.0. The van der Waals surface area contributed by atoms with E-state index < -0.39 is 17.4 Å². The summed E-state index contributed by atoms with van der Waals surface area (Å²) in [4.78, 5) is 16.2. The molecule has 1 amide bonds. The van der Waals surface area contributed by atoms with Crippen molar-refractivity contribution in [3.8, 4) is 0 Å². The van der Waals surface area contributed by atoms with Crippen LogP contribution in [0.2, 0.25) is 0 Å². The molecule has 1 unspecified atom stereocenters. The molecule has 1 saturated carbocycles. The average molecular weight is 384 g/mol. The van der Waals surface area contributed by atoms with Crippen molar-refractivity contribution in [2.45, 2.75) is 44.8 Å². The van der Waals surface area contributed by atoms with E-state index in [1.807, 2.05) is 0 Å². The van der Waals surface area contributed by atoms with E-state index in [1.165, 1.54) is 0 Å². The van der Waals surface area contributed by atoms with Gasteiger partial charge in [-0.15, -0.1) is 23.7 Å². The highest BCUT2D eigenvalue weighted by molar-refractivity contribution is 7.09. The Bertz CT molecular complexity index is 611. The summed E-state index contributed by atoms with van der Waals surface area (Å²) >= 11 is 0.929. The first-order valence-electron chi connectivity index (χ1n) is 7.70. The Hall–Kier alpha value is -0.860. The Morgan fingerprint density at radius 1 is 1.38 bits per heavy atom. The minimum absolute atomic E-state index is 0. The molecular formula is C15H21ClF3N3OS. The number of hydrogen-bond donors (Lipinski definition) is 2. The van der Waals surface area contributed by atoms with Gasteiger partial charge in [-0.2, -0.15) is 13.2 Å². The van der Waals surface area contributed by atoms with Gasteiger partial charge in [-0.05, 0) is 51.6 Å². The predicted octanol–water partition coefficient (Wildman–Crippen LogP) is 3.32. The number of hydrogen-bond acceptors (Lipinski definition) is 4. The summed E-state index contributed by atoms with van der Waals surface area (Å²) in [5, 5.41) is 7.45. The van der Waals surface area contributed by atoms with Crippen LogP contribution in [0.5, 0.6) is 0 Å². The van der Waals surface area contributed by atoms with Gasteiger partial charge in [-0.1, -0.05) is 0 Å². The summed E-state index contributed by atoms with van der Waals surface area (Å²) in [5.41, 5.74) is -1.70. The zero-order chi connectivity index (χ0) is 16.9. The van der Waals surface area contributed by atoms with E-state index in [0.717, 1.165) is 49.1 Å². The smallest absolute Gasteiger partial charge is 0.344 e. The molecule has 24 heavy (non-hydrogen) atoms. The molecule has 1 aliphatic heterocycles. The first-order chi connectivity index (χ1) is 10.6. The van der Waals surface area contributed by atoms with Crippen LogP contribution in [-0.4, -0.2) is 24.0 Å². The Balaban J connectivity index is 0.00000208. The highest BCUT2D eigenvalue weighted by Crippen LogP contribution is 2.58. The summed E-state index contributed by atoms with van der Waals surface area (Å²) in [6, 6.07) is 0. The maximum Gasteiger partial charge on any atom is 0.434 e. The van der Waals surface area contributed by atoms with Gasteiger partial charge < -0.3 is 10.6 Å². The lowest BCUT2D eigenvalue weighted by Gasteiger charge is -2.27. The number of aromatic nitrogens is 1. The molecule has 1 aliphatic carbocycles. The van der Waals surface area contributed by atoms with Crippen molar-refractivity contribution in [1.29, 1.82) is 0 Å². The van der Waals surface area contributed by atoms with E-state index in [4.69, 9.17) is 0 Å². The van der Waals surface area contributed by atoms with E-state index in [9.17, 15) is 18.0 Å². The normalized spacial score (nSPS) is 22.8. The molecule has 1 spiro atoms. The molecule has 0 bridgehead atoms. The molecule has 2 fully saturated rings. The lowest BCUT2D eigenvalue weighted by atomic mass is 9.91. The monoisotopic (exact) mass is 383 g/mol. The molecule has 4 nitrogen and oxygen atoms in total. The second kappa shape index (κ2) is 6.46. The molecule has 136 valence electrons. The van der Waals surface area contributed by atoms with E-state index in [0.29, 0.717) is 0 Å². The van der Waals surface area contributed by atoms with Crippen molar-refractivity contribution in [3.63, 3.8) is 0 Å².